The second kappa shape index (κ2) is 7.99. The average molecular weight is 345 g/mol. The van der Waals surface area contributed by atoms with Crippen LogP contribution in [0.15, 0.2) is 42.5 Å². The Kier molecular flexibility index (Phi) is 5.77. The zero-order valence-electron chi connectivity index (χ0n) is 12.5. The predicted molar refractivity (Wildman–Crippen MR) is 87.8 cm³/mol. The predicted octanol–water partition coefficient (Wildman–Crippen LogP) is 2.91. The molecule has 0 fully saturated rings. The fraction of sp³-hybridized carbons (Fsp3) is 0.118. The molecule has 0 saturated carbocycles. The van der Waals surface area contributed by atoms with Crippen molar-refractivity contribution in [1.29, 1.82) is 5.26 Å². The van der Waals surface area contributed by atoms with E-state index in [1.807, 2.05) is 6.07 Å². The van der Waals surface area contributed by atoms with E-state index in [9.17, 15) is 14.7 Å². The lowest BCUT2D eigenvalue weighted by molar-refractivity contribution is -0.119. The number of phenols is 1. The highest BCUT2D eigenvalue weighted by atomic mass is 35.5. The highest BCUT2D eigenvalue weighted by Crippen LogP contribution is 2.22. The molecule has 0 saturated heterocycles. The Morgan fingerprint density at radius 2 is 1.92 bits per heavy atom. The van der Waals surface area contributed by atoms with Crippen LogP contribution in [0.2, 0.25) is 5.02 Å². The van der Waals surface area contributed by atoms with E-state index >= 15 is 0 Å². The fourth-order valence-electron chi connectivity index (χ4n) is 1.88. The minimum absolute atomic E-state index is 0.0759. The quantitative estimate of drug-likeness (QED) is 0.812. The van der Waals surface area contributed by atoms with Crippen molar-refractivity contribution in [3.05, 3.63) is 58.6 Å². The molecule has 24 heavy (non-hydrogen) atoms. The molecular weight excluding hydrogens is 332 g/mol. The molecule has 1 amide bonds. The summed E-state index contributed by atoms with van der Waals surface area (Å²) >= 11 is 5.68. The summed E-state index contributed by atoms with van der Waals surface area (Å²) in [6, 6.07) is 12.7. The summed E-state index contributed by atoms with van der Waals surface area (Å²) in [6.07, 6.45) is 0.288. The van der Waals surface area contributed by atoms with E-state index in [1.54, 1.807) is 24.3 Å². The summed E-state index contributed by atoms with van der Waals surface area (Å²) in [4.78, 5) is 23.6. The van der Waals surface area contributed by atoms with Crippen LogP contribution in [0.3, 0.4) is 0 Å². The van der Waals surface area contributed by atoms with Gasteiger partial charge in [0, 0.05) is 10.7 Å². The Labute approximate surface area is 143 Å². The number of benzene rings is 2. The number of aromatic hydroxyl groups is 1. The maximum absolute atomic E-state index is 11.8. The van der Waals surface area contributed by atoms with Crippen LogP contribution >= 0.6 is 11.6 Å². The molecule has 0 spiro atoms. The van der Waals surface area contributed by atoms with Gasteiger partial charge in [0.25, 0.3) is 5.91 Å². The highest BCUT2D eigenvalue weighted by Gasteiger charge is 2.14. The van der Waals surface area contributed by atoms with Crippen LogP contribution in [0, 0.1) is 11.3 Å². The van der Waals surface area contributed by atoms with Gasteiger partial charge in [-0.2, -0.15) is 5.26 Å². The third kappa shape index (κ3) is 4.73. The zero-order chi connectivity index (χ0) is 17.5. The lowest BCUT2D eigenvalue weighted by Crippen LogP contribution is -2.21. The second-order valence-corrected chi connectivity index (χ2v) is 5.25. The van der Waals surface area contributed by atoms with Crippen LogP contribution in [0.5, 0.6) is 5.75 Å². The summed E-state index contributed by atoms with van der Waals surface area (Å²) in [7, 11) is 0. The van der Waals surface area contributed by atoms with Crippen molar-refractivity contribution in [1.82, 2.24) is 0 Å². The molecular formula is C17H13ClN2O4. The van der Waals surface area contributed by atoms with Crippen LogP contribution in [-0.4, -0.2) is 23.6 Å². The van der Waals surface area contributed by atoms with E-state index in [-0.39, 0.29) is 22.8 Å². The number of anilines is 1. The summed E-state index contributed by atoms with van der Waals surface area (Å²) in [5.41, 5.74) is 1.28. The molecule has 0 aliphatic heterocycles. The Bertz CT molecular complexity index is 797. The fourth-order valence-corrected chi connectivity index (χ4v) is 2.05. The molecule has 122 valence electrons. The lowest BCUT2D eigenvalue weighted by atomic mass is 10.1. The van der Waals surface area contributed by atoms with E-state index in [4.69, 9.17) is 21.6 Å². The van der Waals surface area contributed by atoms with Gasteiger partial charge in [-0.15, -0.1) is 0 Å². The molecule has 2 rings (SSSR count). The van der Waals surface area contributed by atoms with Gasteiger partial charge in [0.1, 0.15) is 11.3 Å². The maximum Gasteiger partial charge on any atom is 0.342 e. The van der Waals surface area contributed by atoms with E-state index in [0.717, 1.165) is 5.56 Å². The zero-order valence-corrected chi connectivity index (χ0v) is 13.2. The van der Waals surface area contributed by atoms with Crippen molar-refractivity contribution in [2.75, 3.05) is 11.9 Å². The molecule has 0 radical (unpaired) electrons. The SMILES string of the molecule is N#CCc1ccc(NC(=O)COC(=O)c2ccc(Cl)cc2O)cc1. The van der Waals surface area contributed by atoms with Gasteiger partial charge in [0.15, 0.2) is 6.61 Å². The molecule has 2 aromatic rings. The average Bonchev–Trinajstić information content (AvgIpc) is 2.55. The number of carbonyl (C=O) groups excluding carboxylic acids is 2. The molecule has 0 bridgehead atoms. The van der Waals surface area contributed by atoms with Gasteiger partial charge in [0.2, 0.25) is 0 Å². The van der Waals surface area contributed by atoms with Crippen LogP contribution in [-0.2, 0) is 16.0 Å². The van der Waals surface area contributed by atoms with Gasteiger partial charge >= 0.3 is 5.97 Å². The van der Waals surface area contributed by atoms with Crippen molar-refractivity contribution in [3.8, 4) is 11.8 Å². The number of ether oxygens (including phenoxy) is 1. The van der Waals surface area contributed by atoms with E-state index in [2.05, 4.69) is 5.32 Å². The van der Waals surface area contributed by atoms with Crippen molar-refractivity contribution in [3.63, 3.8) is 0 Å². The van der Waals surface area contributed by atoms with Gasteiger partial charge in [-0.05, 0) is 35.9 Å². The van der Waals surface area contributed by atoms with Gasteiger partial charge in [-0.25, -0.2) is 4.79 Å². The monoisotopic (exact) mass is 344 g/mol. The Morgan fingerprint density at radius 1 is 1.21 bits per heavy atom. The third-order valence-corrected chi connectivity index (χ3v) is 3.27. The molecule has 0 heterocycles. The first kappa shape index (κ1) is 17.3. The second-order valence-electron chi connectivity index (χ2n) is 4.82. The number of nitrogens with zero attached hydrogens (tertiary/aromatic N) is 1. The third-order valence-electron chi connectivity index (χ3n) is 3.03. The van der Waals surface area contributed by atoms with Crippen LogP contribution < -0.4 is 5.32 Å². The summed E-state index contributed by atoms with van der Waals surface area (Å²) in [5, 5.41) is 21.1. The van der Waals surface area contributed by atoms with E-state index in [1.165, 1.54) is 18.2 Å². The molecule has 7 heteroatoms. The van der Waals surface area contributed by atoms with E-state index < -0.39 is 18.5 Å². The van der Waals surface area contributed by atoms with Crippen molar-refractivity contribution in [2.24, 2.45) is 0 Å². The topological polar surface area (TPSA) is 99.4 Å². The van der Waals surface area contributed by atoms with E-state index in [0.29, 0.717) is 5.69 Å². The molecule has 2 aromatic carbocycles. The number of amides is 1. The molecule has 2 N–H and O–H groups in total. The number of esters is 1. The number of hydrogen-bond acceptors (Lipinski definition) is 5. The highest BCUT2D eigenvalue weighted by molar-refractivity contribution is 6.30. The van der Waals surface area contributed by atoms with Crippen LogP contribution in [0.25, 0.3) is 0 Å². The van der Waals surface area contributed by atoms with Gasteiger partial charge in [-0.1, -0.05) is 23.7 Å². The lowest BCUT2D eigenvalue weighted by Gasteiger charge is -2.08. The van der Waals surface area contributed by atoms with Crippen molar-refractivity contribution < 1.29 is 19.4 Å². The number of nitrogens with one attached hydrogen (secondary N) is 1. The molecule has 0 aliphatic rings. The summed E-state index contributed by atoms with van der Waals surface area (Å²) < 4.78 is 4.85. The maximum atomic E-state index is 11.8. The largest absolute Gasteiger partial charge is 0.507 e. The minimum Gasteiger partial charge on any atom is -0.507 e. The Balaban J connectivity index is 1.88. The van der Waals surface area contributed by atoms with Crippen LogP contribution in [0.1, 0.15) is 15.9 Å². The number of carbonyl (C=O) groups is 2. The van der Waals surface area contributed by atoms with Crippen molar-refractivity contribution >= 4 is 29.2 Å². The van der Waals surface area contributed by atoms with Crippen molar-refractivity contribution in [2.45, 2.75) is 6.42 Å². The first-order valence-corrected chi connectivity index (χ1v) is 7.29. The standard InChI is InChI=1S/C17H13ClN2O4/c18-12-3-6-14(15(21)9-12)17(23)24-10-16(22)20-13-4-1-11(2-5-13)7-8-19/h1-6,9,21H,7,10H2,(H,20,22). The molecule has 0 unspecified atom stereocenters. The number of rotatable bonds is 5. The smallest absolute Gasteiger partial charge is 0.342 e. The van der Waals surface area contributed by atoms with Gasteiger partial charge < -0.3 is 15.2 Å². The normalized spacial score (nSPS) is 9.83. The Morgan fingerprint density at radius 3 is 2.54 bits per heavy atom. The molecule has 0 atom stereocenters. The first-order valence-electron chi connectivity index (χ1n) is 6.91. The number of halogens is 1. The number of hydrogen-bond donors (Lipinski definition) is 2. The van der Waals surface area contributed by atoms with Crippen LogP contribution in [0.4, 0.5) is 5.69 Å². The molecule has 0 aromatic heterocycles. The number of nitriles is 1. The summed E-state index contributed by atoms with van der Waals surface area (Å²) in [5.74, 6) is -1.67. The van der Waals surface area contributed by atoms with Gasteiger partial charge in [-0.3, -0.25) is 4.79 Å². The Hall–Kier alpha value is -3.04. The number of phenolic OH excluding ortho intramolecular Hbond substituents is 1. The first-order chi connectivity index (χ1) is 11.5. The molecule has 0 aliphatic carbocycles. The minimum atomic E-state index is -0.830. The molecule has 6 nitrogen and oxygen atoms in total. The summed E-state index contributed by atoms with van der Waals surface area (Å²) in [6.45, 7) is -0.499. The van der Waals surface area contributed by atoms with Gasteiger partial charge in [0.05, 0.1) is 12.5 Å².